The van der Waals surface area contributed by atoms with Gasteiger partial charge in [0.05, 0.1) is 6.10 Å². The first-order valence-electron chi connectivity index (χ1n) is 5.35. The van der Waals surface area contributed by atoms with E-state index in [4.69, 9.17) is 0 Å². The molecule has 2 nitrogen and oxygen atoms in total. The van der Waals surface area contributed by atoms with Gasteiger partial charge in [-0.05, 0) is 25.7 Å². The molecule has 1 N–H and O–H groups in total. The van der Waals surface area contributed by atoms with Crippen LogP contribution in [0, 0.1) is 11.3 Å². The Bertz CT molecular complexity index is 224. The molecule has 0 amide bonds. The first-order valence-corrected chi connectivity index (χ1v) is 5.35. The predicted octanol–water partition coefficient (Wildman–Crippen LogP) is 1.91. The van der Waals surface area contributed by atoms with Gasteiger partial charge in [0.15, 0.2) is 0 Å². The van der Waals surface area contributed by atoms with E-state index < -0.39 is 0 Å². The second-order valence-corrected chi connectivity index (χ2v) is 4.82. The van der Waals surface area contributed by atoms with E-state index >= 15 is 0 Å². The SMILES string of the molecule is C[C@]12CCCC(=O)[C@@H]1CCC[C@@H]2O. The largest absolute Gasteiger partial charge is 0.393 e. The van der Waals surface area contributed by atoms with E-state index in [1.54, 1.807) is 0 Å². The van der Waals surface area contributed by atoms with Crippen molar-refractivity contribution in [3.8, 4) is 0 Å². The summed E-state index contributed by atoms with van der Waals surface area (Å²) in [5.41, 5.74) is -0.0897. The number of carbonyl (C=O) groups excluding carboxylic acids is 1. The summed E-state index contributed by atoms with van der Waals surface area (Å²) in [4.78, 5) is 11.7. The maximum atomic E-state index is 11.7. The highest BCUT2D eigenvalue weighted by molar-refractivity contribution is 5.82. The number of hydrogen-bond donors (Lipinski definition) is 1. The third-order valence-corrected chi connectivity index (χ3v) is 4.05. The Morgan fingerprint density at radius 3 is 2.85 bits per heavy atom. The molecule has 0 aliphatic heterocycles. The van der Waals surface area contributed by atoms with Crippen LogP contribution in [0.1, 0.15) is 45.4 Å². The van der Waals surface area contributed by atoms with Crippen LogP contribution in [0.15, 0.2) is 0 Å². The number of carbonyl (C=O) groups is 1. The number of rotatable bonds is 0. The Morgan fingerprint density at radius 1 is 1.38 bits per heavy atom. The van der Waals surface area contributed by atoms with Crippen LogP contribution in [0.3, 0.4) is 0 Å². The summed E-state index contributed by atoms with van der Waals surface area (Å²) in [5, 5.41) is 9.93. The normalized spacial score (nSPS) is 45.8. The lowest BCUT2D eigenvalue weighted by atomic mass is 9.59. The fraction of sp³-hybridized carbons (Fsp3) is 0.909. The molecule has 0 saturated heterocycles. The number of hydrogen-bond acceptors (Lipinski definition) is 2. The van der Waals surface area contributed by atoms with E-state index in [1.165, 1.54) is 0 Å². The van der Waals surface area contributed by atoms with Gasteiger partial charge < -0.3 is 5.11 Å². The van der Waals surface area contributed by atoms with E-state index in [9.17, 15) is 9.90 Å². The van der Waals surface area contributed by atoms with E-state index in [1.807, 2.05) is 0 Å². The standard InChI is InChI=1S/C11H18O2/c1-11-7-3-5-9(12)8(11)4-2-6-10(11)13/h8,10,13H,2-7H2,1H3/t8-,10-,11-/m0/s1. The van der Waals surface area contributed by atoms with Crippen LogP contribution in [0.5, 0.6) is 0 Å². The molecule has 0 aromatic rings. The average Bonchev–Trinajstić information content (AvgIpc) is 2.08. The first kappa shape index (κ1) is 9.20. The zero-order chi connectivity index (χ0) is 9.47. The van der Waals surface area contributed by atoms with Crippen LogP contribution in [0.2, 0.25) is 0 Å². The van der Waals surface area contributed by atoms with E-state index in [0.29, 0.717) is 5.78 Å². The molecule has 2 saturated carbocycles. The summed E-state index contributed by atoms with van der Waals surface area (Å²) >= 11 is 0. The Kier molecular flexibility index (Phi) is 2.18. The molecule has 2 heteroatoms. The molecule has 0 aromatic heterocycles. The van der Waals surface area contributed by atoms with Gasteiger partial charge in [0.2, 0.25) is 0 Å². The summed E-state index contributed by atoms with van der Waals surface area (Å²) in [6.07, 6.45) is 5.43. The second-order valence-electron chi connectivity index (χ2n) is 4.82. The van der Waals surface area contributed by atoms with Crippen LogP contribution in [-0.4, -0.2) is 17.0 Å². The van der Waals surface area contributed by atoms with Crippen molar-refractivity contribution in [2.75, 3.05) is 0 Å². The Morgan fingerprint density at radius 2 is 2.15 bits per heavy atom. The molecule has 13 heavy (non-hydrogen) atoms. The van der Waals surface area contributed by atoms with Crippen molar-refractivity contribution < 1.29 is 9.90 Å². The zero-order valence-corrected chi connectivity index (χ0v) is 8.25. The van der Waals surface area contributed by atoms with Crippen molar-refractivity contribution >= 4 is 5.78 Å². The molecule has 74 valence electrons. The fourth-order valence-electron chi connectivity index (χ4n) is 3.09. The fourth-order valence-corrected chi connectivity index (χ4v) is 3.09. The molecule has 3 atom stereocenters. The summed E-state index contributed by atoms with van der Waals surface area (Å²) in [7, 11) is 0. The highest BCUT2D eigenvalue weighted by atomic mass is 16.3. The summed E-state index contributed by atoms with van der Waals surface area (Å²) in [5.74, 6) is 0.553. The molecule has 0 heterocycles. The van der Waals surface area contributed by atoms with Gasteiger partial charge in [-0.3, -0.25) is 4.79 Å². The summed E-state index contributed by atoms with van der Waals surface area (Å²) in [6.45, 7) is 2.10. The van der Waals surface area contributed by atoms with Gasteiger partial charge in [-0.25, -0.2) is 0 Å². The maximum Gasteiger partial charge on any atom is 0.136 e. The second kappa shape index (κ2) is 3.09. The van der Waals surface area contributed by atoms with Gasteiger partial charge in [-0.2, -0.15) is 0 Å². The van der Waals surface area contributed by atoms with Gasteiger partial charge in [0.25, 0.3) is 0 Å². The number of fused-ring (bicyclic) bond motifs is 1. The van der Waals surface area contributed by atoms with Gasteiger partial charge in [-0.15, -0.1) is 0 Å². The first-order chi connectivity index (χ1) is 6.14. The smallest absolute Gasteiger partial charge is 0.136 e. The number of ketones is 1. The highest BCUT2D eigenvalue weighted by Gasteiger charge is 2.47. The minimum Gasteiger partial charge on any atom is -0.393 e. The quantitative estimate of drug-likeness (QED) is 0.621. The van der Waals surface area contributed by atoms with Crippen LogP contribution in [-0.2, 0) is 4.79 Å². The van der Waals surface area contributed by atoms with Crippen LogP contribution < -0.4 is 0 Å². The molecule has 0 aromatic carbocycles. The number of aliphatic hydroxyl groups excluding tert-OH is 1. The third kappa shape index (κ3) is 1.32. The monoisotopic (exact) mass is 182 g/mol. The molecule has 0 bridgehead atoms. The lowest BCUT2D eigenvalue weighted by molar-refractivity contribution is -0.140. The van der Waals surface area contributed by atoms with Crippen LogP contribution in [0.25, 0.3) is 0 Å². The lowest BCUT2D eigenvalue weighted by Crippen LogP contribution is -2.48. The van der Waals surface area contributed by atoms with Crippen molar-refractivity contribution in [3.63, 3.8) is 0 Å². The molecular weight excluding hydrogens is 164 g/mol. The molecule has 0 spiro atoms. The number of Topliss-reactive ketones (excluding diaryl/α,β-unsaturated/α-hetero) is 1. The van der Waals surface area contributed by atoms with Gasteiger partial charge >= 0.3 is 0 Å². The van der Waals surface area contributed by atoms with Gasteiger partial charge in [0, 0.05) is 17.8 Å². The molecule has 2 fully saturated rings. The van der Waals surface area contributed by atoms with Crippen molar-refractivity contribution in [1.82, 2.24) is 0 Å². The minimum atomic E-state index is -0.240. The summed E-state index contributed by atoms with van der Waals surface area (Å²) < 4.78 is 0. The molecule has 2 aliphatic carbocycles. The van der Waals surface area contributed by atoms with E-state index in [0.717, 1.165) is 38.5 Å². The Balaban J connectivity index is 2.24. The van der Waals surface area contributed by atoms with Crippen molar-refractivity contribution in [2.45, 2.75) is 51.6 Å². The molecule has 0 radical (unpaired) electrons. The van der Waals surface area contributed by atoms with E-state index in [-0.39, 0.29) is 17.4 Å². The average molecular weight is 182 g/mol. The van der Waals surface area contributed by atoms with Crippen molar-refractivity contribution in [3.05, 3.63) is 0 Å². The van der Waals surface area contributed by atoms with Crippen molar-refractivity contribution in [1.29, 1.82) is 0 Å². The molecular formula is C11H18O2. The Hall–Kier alpha value is -0.370. The topological polar surface area (TPSA) is 37.3 Å². The third-order valence-electron chi connectivity index (χ3n) is 4.05. The van der Waals surface area contributed by atoms with Crippen LogP contribution in [0.4, 0.5) is 0 Å². The zero-order valence-electron chi connectivity index (χ0n) is 8.25. The lowest BCUT2D eigenvalue weighted by Gasteiger charge is -2.47. The summed E-state index contributed by atoms with van der Waals surface area (Å²) in [6, 6.07) is 0. The molecule has 2 rings (SSSR count). The van der Waals surface area contributed by atoms with Gasteiger partial charge in [-0.1, -0.05) is 13.3 Å². The van der Waals surface area contributed by atoms with E-state index in [2.05, 4.69) is 6.92 Å². The molecule has 0 unspecified atom stereocenters. The minimum absolute atomic E-state index is 0.0897. The Labute approximate surface area is 79.3 Å². The van der Waals surface area contributed by atoms with Gasteiger partial charge in [0.1, 0.15) is 5.78 Å². The number of aliphatic hydroxyl groups is 1. The van der Waals surface area contributed by atoms with Crippen molar-refractivity contribution in [2.24, 2.45) is 11.3 Å². The molecule has 2 aliphatic rings. The van der Waals surface area contributed by atoms with Crippen LogP contribution >= 0.6 is 0 Å². The maximum absolute atomic E-state index is 11.7. The predicted molar refractivity (Wildman–Crippen MR) is 50.3 cm³/mol. The highest BCUT2D eigenvalue weighted by Crippen LogP contribution is 2.48.